The van der Waals surface area contributed by atoms with Gasteiger partial charge >= 0.3 is 0 Å². The molecule has 0 N–H and O–H groups in total. The van der Waals surface area contributed by atoms with E-state index in [0.717, 1.165) is 16.0 Å². The lowest BCUT2D eigenvalue weighted by Gasteiger charge is -2.39. The molecule has 0 saturated heterocycles. The molecule has 2 aliphatic rings. The summed E-state index contributed by atoms with van der Waals surface area (Å²) in [5.74, 6) is 1.84. The van der Waals surface area contributed by atoms with E-state index >= 15 is 0 Å². The van der Waals surface area contributed by atoms with Crippen molar-refractivity contribution >= 4 is 26.7 Å². The van der Waals surface area contributed by atoms with E-state index in [4.69, 9.17) is 4.74 Å². The summed E-state index contributed by atoms with van der Waals surface area (Å²) in [7, 11) is 0. The van der Waals surface area contributed by atoms with Gasteiger partial charge in [0.25, 0.3) is 0 Å². The largest absolute Gasteiger partial charge is 0.457 e. The van der Waals surface area contributed by atoms with E-state index < -0.39 is 5.41 Å². The molecule has 1 nitrogen and oxygen atoms in total. The lowest BCUT2D eigenvalue weighted by molar-refractivity contribution is 0.436. The quantitative estimate of drug-likeness (QED) is 0.222. The van der Waals surface area contributed by atoms with Gasteiger partial charge < -0.3 is 4.74 Å². The van der Waals surface area contributed by atoms with Gasteiger partial charge in [-0.25, -0.2) is 0 Å². The fourth-order valence-electron chi connectivity index (χ4n) is 5.56. The minimum absolute atomic E-state index is 0.413. The zero-order chi connectivity index (χ0) is 20.6. The molecule has 146 valence electrons. The predicted octanol–water partition coefficient (Wildman–Crippen LogP) is 8.07. The van der Waals surface area contributed by atoms with Crippen LogP contribution in [0.2, 0.25) is 0 Å². The van der Waals surface area contributed by atoms with Crippen LogP contribution in [0.1, 0.15) is 22.3 Å². The number of hydrogen-bond acceptors (Lipinski definition) is 1. The van der Waals surface area contributed by atoms with Crippen LogP contribution in [0.25, 0.3) is 21.9 Å². The Bertz CT molecular complexity index is 1530. The predicted molar refractivity (Wildman–Crippen MR) is 129 cm³/mol. The van der Waals surface area contributed by atoms with Crippen molar-refractivity contribution in [2.45, 2.75) is 5.41 Å². The molecule has 5 aromatic carbocycles. The van der Waals surface area contributed by atoms with Crippen molar-refractivity contribution in [1.29, 1.82) is 0 Å². The standard InChI is InChI=1S/C29H17BrO/c30-20-13-14-28-26(17-20)29(24-11-5-6-12-27(24)31-28)23-10-4-3-9-21(23)22-15-18-7-1-2-8-19(18)16-25(22)29/h1-17H. The molecular weight excluding hydrogens is 444 g/mol. The lowest BCUT2D eigenvalue weighted by Crippen LogP contribution is -2.32. The monoisotopic (exact) mass is 460 g/mol. The van der Waals surface area contributed by atoms with Crippen LogP contribution < -0.4 is 4.74 Å². The Morgan fingerprint density at radius 3 is 2.06 bits per heavy atom. The van der Waals surface area contributed by atoms with Gasteiger partial charge in [0.05, 0.1) is 5.41 Å². The van der Waals surface area contributed by atoms with Crippen LogP contribution in [0.3, 0.4) is 0 Å². The molecule has 1 aliphatic carbocycles. The first-order valence-corrected chi connectivity index (χ1v) is 11.3. The van der Waals surface area contributed by atoms with Crippen LogP contribution in [-0.4, -0.2) is 0 Å². The number of hydrogen-bond donors (Lipinski definition) is 0. The van der Waals surface area contributed by atoms with Crippen molar-refractivity contribution in [3.63, 3.8) is 0 Å². The van der Waals surface area contributed by atoms with Crippen LogP contribution in [0.5, 0.6) is 11.5 Å². The summed E-state index contributed by atoms with van der Waals surface area (Å²) in [4.78, 5) is 0. The molecule has 1 heterocycles. The van der Waals surface area contributed by atoms with Gasteiger partial charge in [-0.2, -0.15) is 0 Å². The third-order valence-corrected chi connectivity index (χ3v) is 7.26. The smallest absolute Gasteiger partial charge is 0.132 e. The molecule has 5 aromatic rings. The highest BCUT2D eigenvalue weighted by molar-refractivity contribution is 9.10. The van der Waals surface area contributed by atoms with Crippen LogP contribution >= 0.6 is 15.9 Å². The summed E-state index contributed by atoms with van der Waals surface area (Å²) >= 11 is 3.72. The van der Waals surface area contributed by atoms with E-state index in [2.05, 4.69) is 119 Å². The molecule has 0 aromatic heterocycles. The molecule has 1 aliphatic heterocycles. The molecule has 7 rings (SSSR count). The Kier molecular flexibility index (Phi) is 3.40. The fraction of sp³-hybridized carbons (Fsp3) is 0.0345. The van der Waals surface area contributed by atoms with Crippen molar-refractivity contribution in [3.8, 4) is 22.6 Å². The SMILES string of the molecule is Brc1ccc2c(c1)C1(c3ccccc3O2)c2ccccc2-c2cc3ccccc3cc21. The molecule has 31 heavy (non-hydrogen) atoms. The van der Waals surface area contributed by atoms with Crippen molar-refractivity contribution in [3.05, 3.63) is 130 Å². The first-order valence-electron chi connectivity index (χ1n) is 10.5. The third-order valence-electron chi connectivity index (χ3n) is 6.77. The summed E-state index contributed by atoms with van der Waals surface area (Å²) in [6.07, 6.45) is 0. The average Bonchev–Trinajstić information content (AvgIpc) is 3.09. The van der Waals surface area contributed by atoms with Crippen LogP contribution in [0.4, 0.5) is 0 Å². The van der Waals surface area contributed by atoms with Gasteiger partial charge in [0.15, 0.2) is 0 Å². The van der Waals surface area contributed by atoms with Crippen LogP contribution in [0.15, 0.2) is 108 Å². The van der Waals surface area contributed by atoms with Gasteiger partial charge in [-0.1, -0.05) is 82.7 Å². The molecule has 2 heteroatoms. The summed E-state index contributed by atoms with van der Waals surface area (Å²) in [6.45, 7) is 0. The summed E-state index contributed by atoms with van der Waals surface area (Å²) < 4.78 is 7.47. The number of ether oxygens (including phenoxy) is 1. The van der Waals surface area contributed by atoms with E-state index in [-0.39, 0.29) is 0 Å². The first-order chi connectivity index (χ1) is 15.3. The molecule has 0 fully saturated rings. The van der Waals surface area contributed by atoms with Gasteiger partial charge in [-0.05, 0) is 69.4 Å². The van der Waals surface area contributed by atoms with E-state index in [1.54, 1.807) is 0 Å². The zero-order valence-electron chi connectivity index (χ0n) is 16.6. The van der Waals surface area contributed by atoms with E-state index in [9.17, 15) is 0 Å². The maximum Gasteiger partial charge on any atom is 0.132 e. The normalized spacial score (nSPS) is 17.6. The molecule has 0 saturated carbocycles. The van der Waals surface area contributed by atoms with Gasteiger partial charge in [0.2, 0.25) is 0 Å². The number of fused-ring (bicyclic) bond motifs is 10. The molecule has 0 radical (unpaired) electrons. The van der Waals surface area contributed by atoms with E-state index in [1.165, 1.54) is 44.2 Å². The summed E-state index contributed by atoms with van der Waals surface area (Å²) in [5, 5.41) is 2.52. The highest BCUT2D eigenvalue weighted by Gasteiger charge is 2.51. The maximum atomic E-state index is 6.42. The summed E-state index contributed by atoms with van der Waals surface area (Å²) in [6, 6.07) is 37.1. The Morgan fingerprint density at radius 2 is 1.19 bits per heavy atom. The highest BCUT2D eigenvalue weighted by Crippen LogP contribution is 2.62. The second-order valence-electron chi connectivity index (χ2n) is 8.28. The molecule has 0 bridgehead atoms. The second-order valence-corrected chi connectivity index (χ2v) is 9.19. The highest BCUT2D eigenvalue weighted by atomic mass is 79.9. The lowest BCUT2D eigenvalue weighted by atomic mass is 9.66. The van der Waals surface area contributed by atoms with Gasteiger partial charge in [-0.3, -0.25) is 0 Å². The fourth-order valence-corrected chi connectivity index (χ4v) is 5.92. The second kappa shape index (κ2) is 6.09. The van der Waals surface area contributed by atoms with Crippen molar-refractivity contribution in [2.24, 2.45) is 0 Å². The van der Waals surface area contributed by atoms with E-state index in [1.807, 2.05) is 0 Å². The molecule has 0 amide bonds. The Hall–Kier alpha value is -3.36. The van der Waals surface area contributed by atoms with Crippen molar-refractivity contribution in [2.75, 3.05) is 0 Å². The number of benzene rings is 5. The van der Waals surface area contributed by atoms with Crippen LogP contribution in [-0.2, 0) is 5.41 Å². The Labute approximate surface area is 189 Å². The van der Waals surface area contributed by atoms with Gasteiger partial charge in [0.1, 0.15) is 11.5 Å². The number of para-hydroxylation sites is 1. The Morgan fingerprint density at radius 1 is 0.516 bits per heavy atom. The average molecular weight is 461 g/mol. The van der Waals surface area contributed by atoms with Gasteiger partial charge in [-0.15, -0.1) is 0 Å². The molecular formula is C29H17BrO. The first kappa shape index (κ1) is 17.3. The van der Waals surface area contributed by atoms with Crippen molar-refractivity contribution < 1.29 is 4.74 Å². The zero-order valence-corrected chi connectivity index (χ0v) is 18.2. The summed E-state index contributed by atoms with van der Waals surface area (Å²) in [5.41, 5.74) is 7.20. The molecule has 1 spiro atoms. The topological polar surface area (TPSA) is 9.23 Å². The van der Waals surface area contributed by atoms with Gasteiger partial charge in [0, 0.05) is 15.6 Å². The molecule has 1 atom stereocenters. The Balaban J connectivity index is 1.73. The number of rotatable bonds is 0. The van der Waals surface area contributed by atoms with Crippen molar-refractivity contribution in [1.82, 2.24) is 0 Å². The number of halogens is 1. The van der Waals surface area contributed by atoms with Crippen LogP contribution in [0, 0.1) is 0 Å². The third kappa shape index (κ3) is 2.15. The van der Waals surface area contributed by atoms with E-state index in [0.29, 0.717) is 0 Å². The molecule has 1 unspecified atom stereocenters. The minimum Gasteiger partial charge on any atom is -0.457 e. The minimum atomic E-state index is -0.413. The maximum absolute atomic E-state index is 6.42.